The van der Waals surface area contributed by atoms with Gasteiger partial charge in [0.2, 0.25) is 0 Å². The highest BCUT2D eigenvalue weighted by Crippen LogP contribution is 2.54. The van der Waals surface area contributed by atoms with Crippen molar-refractivity contribution in [1.82, 2.24) is 15.2 Å². The van der Waals surface area contributed by atoms with Gasteiger partial charge in [-0.15, -0.1) is 0 Å². The Balaban J connectivity index is 2.15. The third kappa shape index (κ3) is 2.42. The van der Waals surface area contributed by atoms with Gasteiger partial charge in [-0.1, -0.05) is 32.4 Å². The molecule has 0 bridgehead atoms. The van der Waals surface area contributed by atoms with Crippen molar-refractivity contribution in [3.63, 3.8) is 0 Å². The molecule has 2 rings (SSSR count). The van der Waals surface area contributed by atoms with E-state index in [1.807, 2.05) is 11.7 Å². The monoisotopic (exact) mass is 270 g/mol. The second kappa shape index (κ2) is 4.83. The van der Waals surface area contributed by atoms with Crippen LogP contribution in [0.3, 0.4) is 0 Å². The molecule has 1 aliphatic carbocycles. The van der Waals surface area contributed by atoms with Crippen molar-refractivity contribution in [3.05, 3.63) is 16.4 Å². The molecule has 1 heterocycles. The number of hydrogen-bond donors (Lipinski definition) is 2. The van der Waals surface area contributed by atoms with Crippen LogP contribution in [0.1, 0.15) is 38.6 Å². The molecule has 18 heavy (non-hydrogen) atoms. The molecule has 2 atom stereocenters. The minimum absolute atomic E-state index is 0.276. The molecule has 1 aromatic rings. The first-order valence-corrected chi connectivity index (χ1v) is 6.94. The molecule has 0 aromatic carbocycles. The summed E-state index contributed by atoms with van der Waals surface area (Å²) in [6.07, 6.45) is 2.92. The molecule has 0 aliphatic heterocycles. The van der Waals surface area contributed by atoms with Crippen molar-refractivity contribution >= 4 is 11.6 Å². The summed E-state index contributed by atoms with van der Waals surface area (Å²) in [6.45, 7) is 6.63. The Bertz CT molecular complexity index is 438. The predicted octanol–water partition coefficient (Wildman–Crippen LogP) is 2.06. The number of aryl methyl sites for hydroxylation is 2. The highest BCUT2D eigenvalue weighted by molar-refractivity contribution is 6.31. The van der Waals surface area contributed by atoms with Crippen molar-refractivity contribution in [3.8, 4) is 0 Å². The summed E-state index contributed by atoms with van der Waals surface area (Å²) in [6, 6.07) is 0.276. The van der Waals surface area contributed by atoms with Gasteiger partial charge >= 0.3 is 0 Å². The van der Waals surface area contributed by atoms with Crippen LogP contribution < -0.4 is 11.3 Å². The molecule has 1 fully saturated rings. The fourth-order valence-electron chi connectivity index (χ4n) is 2.76. The van der Waals surface area contributed by atoms with Crippen LogP contribution in [0.15, 0.2) is 0 Å². The first-order chi connectivity index (χ1) is 8.40. The molecule has 0 radical (unpaired) electrons. The van der Waals surface area contributed by atoms with E-state index >= 15 is 0 Å². The Morgan fingerprint density at radius 1 is 1.61 bits per heavy atom. The maximum absolute atomic E-state index is 6.38. The van der Waals surface area contributed by atoms with Gasteiger partial charge in [-0.05, 0) is 24.2 Å². The Labute approximate surface area is 114 Å². The summed E-state index contributed by atoms with van der Waals surface area (Å²) in [7, 11) is 1.95. The van der Waals surface area contributed by atoms with Crippen molar-refractivity contribution < 1.29 is 0 Å². The van der Waals surface area contributed by atoms with Crippen molar-refractivity contribution in [2.24, 2.45) is 24.2 Å². The molecule has 3 N–H and O–H groups in total. The maximum Gasteiger partial charge on any atom is 0.0850 e. The zero-order chi connectivity index (χ0) is 13.5. The summed E-state index contributed by atoms with van der Waals surface area (Å²) in [4.78, 5) is 0. The van der Waals surface area contributed by atoms with Gasteiger partial charge in [0.05, 0.1) is 16.4 Å². The summed E-state index contributed by atoms with van der Waals surface area (Å²) >= 11 is 6.38. The molecule has 1 saturated carbocycles. The normalized spacial score (nSPS) is 23.1. The molecule has 2 unspecified atom stereocenters. The summed E-state index contributed by atoms with van der Waals surface area (Å²) < 4.78 is 1.89. The molecule has 1 aliphatic rings. The second-order valence-electron chi connectivity index (χ2n) is 5.96. The average Bonchev–Trinajstić information content (AvgIpc) is 2.86. The second-order valence-corrected chi connectivity index (χ2v) is 6.34. The molecule has 102 valence electrons. The van der Waals surface area contributed by atoms with Gasteiger partial charge in [0, 0.05) is 19.5 Å². The van der Waals surface area contributed by atoms with Gasteiger partial charge in [0.15, 0.2) is 0 Å². The third-order valence-corrected chi connectivity index (χ3v) is 4.64. The smallest absolute Gasteiger partial charge is 0.0850 e. The Kier molecular flexibility index (Phi) is 3.72. The minimum Gasteiger partial charge on any atom is -0.271 e. The number of halogens is 1. The molecular formula is C13H23ClN4. The number of aromatic nitrogens is 2. The molecule has 4 nitrogen and oxygen atoms in total. The van der Waals surface area contributed by atoms with E-state index in [2.05, 4.69) is 31.3 Å². The van der Waals surface area contributed by atoms with Crippen LogP contribution in [0.4, 0.5) is 0 Å². The van der Waals surface area contributed by atoms with Crippen LogP contribution in [0.25, 0.3) is 0 Å². The SMILES string of the molecule is CCc1nn(C)c(CC(NN)C2CC2(C)C)c1Cl. The van der Waals surface area contributed by atoms with Gasteiger partial charge in [0.1, 0.15) is 0 Å². The Morgan fingerprint density at radius 3 is 2.61 bits per heavy atom. The van der Waals surface area contributed by atoms with Crippen molar-refractivity contribution in [2.75, 3.05) is 0 Å². The topological polar surface area (TPSA) is 55.9 Å². The maximum atomic E-state index is 6.38. The van der Waals surface area contributed by atoms with Crippen molar-refractivity contribution in [1.29, 1.82) is 0 Å². The highest BCUT2D eigenvalue weighted by Gasteiger charge is 2.50. The molecule has 0 spiro atoms. The van der Waals surface area contributed by atoms with E-state index in [4.69, 9.17) is 17.4 Å². The fourth-order valence-corrected chi connectivity index (χ4v) is 3.13. The number of rotatable bonds is 5. The van der Waals surface area contributed by atoms with Crippen LogP contribution in [0.2, 0.25) is 5.02 Å². The van der Waals surface area contributed by atoms with Crippen LogP contribution in [0, 0.1) is 11.3 Å². The van der Waals surface area contributed by atoms with Gasteiger partial charge in [-0.25, -0.2) is 0 Å². The lowest BCUT2D eigenvalue weighted by molar-refractivity contribution is 0.401. The van der Waals surface area contributed by atoms with Crippen LogP contribution in [0.5, 0.6) is 0 Å². The summed E-state index contributed by atoms with van der Waals surface area (Å²) in [5, 5.41) is 5.25. The van der Waals surface area contributed by atoms with E-state index in [0.29, 0.717) is 11.3 Å². The molecule has 1 aromatic heterocycles. The van der Waals surface area contributed by atoms with E-state index in [1.54, 1.807) is 0 Å². The average molecular weight is 271 g/mol. The summed E-state index contributed by atoms with van der Waals surface area (Å²) in [5.41, 5.74) is 5.40. The van der Waals surface area contributed by atoms with Gasteiger partial charge in [-0.3, -0.25) is 16.0 Å². The van der Waals surface area contributed by atoms with Crippen LogP contribution in [-0.4, -0.2) is 15.8 Å². The molecule has 0 amide bonds. The lowest BCUT2D eigenvalue weighted by atomic mass is 10.00. The number of hydrazine groups is 1. The quantitative estimate of drug-likeness (QED) is 0.636. The van der Waals surface area contributed by atoms with E-state index in [1.165, 1.54) is 6.42 Å². The zero-order valence-electron chi connectivity index (χ0n) is 11.6. The number of hydrogen-bond acceptors (Lipinski definition) is 3. The predicted molar refractivity (Wildman–Crippen MR) is 74.3 cm³/mol. The zero-order valence-corrected chi connectivity index (χ0v) is 12.4. The molecular weight excluding hydrogens is 248 g/mol. The van der Waals surface area contributed by atoms with E-state index in [0.717, 1.165) is 29.3 Å². The lowest BCUT2D eigenvalue weighted by Gasteiger charge is -2.18. The molecule has 0 saturated heterocycles. The molecule has 5 heteroatoms. The Hall–Kier alpha value is -0.580. The van der Waals surface area contributed by atoms with Crippen molar-refractivity contribution in [2.45, 2.75) is 46.1 Å². The summed E-state index contributed by atoms with van der Waals surface area (Å²) in [5.74, 6) is 6.32. The Morgan fingerprint density at radius 2 is 2.22 bits per heavy atom. The fraction of sp³-hybridized carbons (Fsp3) is 0.769. The first kappa shape index (κ1) is 13.8. The van der Waals surface area contributed by atoms with E-state index in [-0.39, 0.29) is 6.04 Å². The first-order valence-electron chi connectivity index (χ1n) is 6.57. The van der Waals surface area contributed by atoms with Gasteiger partial charge in [0.25, 0.3) is 0 Å². The van der Waals surface area contributed by atoms with Crippen LogP contribution in [-0.2, 0) is 19.9 Å². The number of nitrogens with zero attached hydrogens (tertiary/aromatic N) is 2. The number of nitrogens with one attached hydrogen (secondary N) is 1. The standard InChI is InChI=1S/C13H23ClN4/c1-5-9-12(14)11(18(4)17-9)6-10(16-15)8-7-13(8,2)3/h8,10,16H,5-7,15H2,1-4H3. The van der Waals surface area contributed by atoms with Gasteiger partial charge < -0.3 is 0 Å². The lowest BCUT2D eigenvalue weighted by Crippen LogP contribution is -2.40. The van der Waals surface area contributed by atoms with E-state index in [9.17, 15) is 0 Å². The largest absolute Gasteiger partial charge is 0.271 e. The van der Waals surface area contributed by atoms with E-state index < -0.39 is 0 Å². The highest BCUT2D eigenvalue weighted by atomic mass is 35.5. The third-order valence-electron chi connectivity index (χ3n) is 4.21. The minimum atomic E-state index is 0.276. The van der Waals surface area contributed by atoms with Gasteiger partial charge in [-0.2, -0.15) is 5.10 Å². The van der Waals surface area contributed by atoms with Crippen LogP contribution >= 0.6 is 11.6 Å². The number of nitrogens with two attached hydrogens (primary N) is 1.